The van der Waals surface area contributed by atoms with Crippen LogP contribution in [0.4, 0.5) is 5.69 Å². The molecule has 0 aliphatic rings. The molecule has 3 rings (SSSR count). The number of nitriles is 1. The first-order valence-electron chi connectivity index (χ1n) is 8.95. The molecule has 29 heavy (non-hydrogen) atoms. The lowest BCUT2D eigenvalue weighted by atomic mass is 10.1. The molecule has 0 atom stereocenters. The summed E-state index contributed by atoms with van der Waals surface area (Å²) in [6, 6.07) is 14.0. The third kappa shape index (κ3) is 4.39. The van der Waals surface area contributed by atoms with Crippen LogP contribution in [0.25, 0.3) is 0 Å². The van der Waals surface area contributed by atoms with Gasteiger partial charge in [-0.05, 0) is 74.7 Å². The summed E-state index contributed by atoms with van der Waals surface area (Å²) in [5.41, 5.74) is 3.88. The van der Waals surface area contributed by atoms with E-state index in [1.54, 1.807) is 51.1 Å². The average Bonchev–Trinajstić information content (AvgIpc) is 2.63. The molecule has 1 heterocycles. The van der Waals surface area contributed by atoms with Crippen molar-refractivity contribution >= 4 is 15.7 Å². The number of anilines is 1. The van der Waals surface area contributed by atoms with E-state index in [0.717, 1.165) is 5.56 Å². The standard InChI is InChI=1S/C22H21N3O3S/c1-14-10-16(3)21(17(4)11-14)29(26,27)25-20-8-7-19(12-15(20)2)28-22-18(13-23)6-5-9-24-22/h5-12,25H,1-4H3. The number of aromatic nitrogens is 1. The van der Waals surface area contributed by atoms with Crippen LogP contribution in [0.3, 0.4) is 0 Å². The topological polar surface area (TPSA) is 92.1 Å². The minimum absolute atomic E-state index is 0.202. The molecule has 0 radical (unpaired) electrons. The summed E-state index contributed by atoms with van der Waals surface area (Å²) in [4.78, 5) is 4.35. The van der Waals surface area contributed by atoms with Crippen molar-refractivity contribution < 1.29 is 13.2 Å². The second-order valence-electron chi connectivity index (χ2n) is 6.88. The van der Waals surface area contributed by atoms with E-state index in [0.29, 0.717) is 33.7 Å². The van der Waals surface area contributed by atoms with Crippen LogP contribution in [-0.4, -0.2) is 13.4 Å². The van der Waals surface area contributed by atoms with Gasteiger partial charge in [-0.1, -0.05) is 17.7 Å². The highest BCUT2D eigenvalue weighted by atomic mass is 32.2. The lowest BCUT2D eigenvalue weighted by molar-refractivity contribution is 0.461. The SMILES string of the molecule is Cc1cc(C)c(S(=O)(=O)Nc2ccc(Oc3ncccc3C#N)cc2C)c(C)c1. The maximum atomic E-state index is 13.0. The van der Waals surface area contributed by atoms with E-state index in [4.69, 9.17) is 10.00 Å². The highest BCUT2D eigenvalue weighted by molar-refractivity contribution is 7.92. The molecular weight excluding hydrogens is 386 g/mol. The Bertz CT molecular complexity index is 1210. The van der Waals surface area contributed by atoms with E-state index in [1.807, 2.05) is 25.1 Å². The van der Waals surface area contributed by atoms with Crippen molar-refractivity contribution in [3.05, 3.63) is 76.5 Å². The maximum absolute atomic E-state index is 13.0. The number of nitrogens with zero attached hydrogens (tertiary/aromatic N) is 2. The van der Waals surface area contributed by atoms with Gasteiger partial charge in [-0.25, -0.2) is 13.4 Å². The largest absolute Gasteiger partial charge is 0.438 e. The number of hydrogen-bond acceptors (Lipinski definition) is 5. The van der Waals surface area contributed by atoms with Crippen molar-refractivity contribution in [1.29, 1.82) is 5.26 Å². The third-order valence-corrected chi connectivity index (χ3v) is 6.09. The van der Waals surface area contributed by atoms with Crippen LogP contribution in [0, 0.1) is 39.0 Å². The van der Waals surface area contributed by atoms with Gasteiger partial charge in [-0.2, -0.15) is 5.26 Å². The minimum atomic E-state index is -3.74. The average molecular weight is 407 g/mol. The summed E-state index contributed by atoms with van der Waals surface area (Å²) in [6.07, 6.45) is 1.54. The normalized spacial score (nSPS) is 11.0. The molecule has 1 N–H and O–H groups in total. The Morgan fingerprint density at radius 2 is 1.69 bits per heavy atom. The Hall–Kier alpha value is -3.37. The van der Waals surface area contributed by atoms with Gasteiger partial charge in [0, 0.05) is 6.20 Å². The lowest BCUT2D eigenvalue weighted by Crippen LogP contribution is -2.16. The zero-order chi connectivity index (χ0) is 21.2. The molecule has 1 aromatic heterocycles. The fourth-order valence-corrected chi connectivity index (χ4v) is 4.86. The smallest absolute Gasteiger partial charge is 0.262 e. The predicted octanol–water partition coefficient (Wildman–Crippen LogP) is 4.78. The molecule has 3 aromatic rings. The summed E-state index contributed by atoms with van der Waals surface area (Å²) in [6.45, 7) is 7.30. The van der Waals surface area contributed by atoms with Crippen molar-refractivity contribution in [2.75, 3.05) is 4.72 Å². The number of nitrogens with one attached hydrogen (secondary N) is 1. The minimum Gasteiger partial charge on any atom is -0.438 e. The van der Waals surface area contributed by atoms with Crippen LogP contribution in [-0.2, 0) is 10.0 Å². The summed E-state index contributed by atoms with van der Waals surface area (Å²) >= 11 is 0. The highest BCUT2D eigenvalue weighted by Gasteiger charge is 2.21. The van der Waals surface area contributed by atoms with Crippen LogP contribution < -0.4 is 9.46 Å². The fourth-order valence-electron chi connectivity index (χ4n) is 3.27. The Morgan fingerprint density at radius 3 is 2.31 bits per heavy atom. The Balaban J connectivity index is 1.89. The zero-order valence-electron chi connectivity index (χ0n) is 16.6. The molecular formula is C22H21N3O3S. The molecule has 0 aliphatic carbocycles. The van der Waals surface area contributed by atoms with E-state index in [1.165, 1.54) is 6.20 Å². The van der Waals surface area contributed by atoms with E-state index < -0.39 is 10.0 Å². The monoisotopic (exact) mass is 407 g/mol. The quantitative estimate of drug-likeness (QED) is 0.657. The molecule has 0 fully saturated rings. The molecule has 0 aliphatic heterocycles. The van der Waals surface area contributed by atoms with E-state index >= 15 is 0 Å². The van der Waals surface area contributed by atoms with Crippen molar-refractivity contribution in [3.63, 3.8) is 0 Å². The fraction of sp³-hybridized carbons (Fsp3) is 0.182. The van der Waals surface area contributed by atoms with Gasteiger partial charge in [-0.15, -0.1) is 0 Å². The van der Waals surface area contributed by atoms with Gasteiger partial charge in [0.2, 0.25) is 5.88 Å². The molecule has 2 aromatic carbocycles. The highest BCUT2D eigenvalue weighted by Crippen LogP contribution is 2.29. The molecule has 0 unspecified atom stereocenters. The predicted molar refractivity (Wildman–Crippen MR) is 112 cm³/mol. The van der Waals surface area contributed by atoms with Crippen molar-refractivity contribution in [2.45, 2.75) is 32.6 Å². The first-order valence-corrected chi connectivity index (χ1v) is 10.4. The van der Waals surface area contributed by atoms with Crippen LogP contribution in [0.1, 0.15) is 27.8 Å². The summed E-state index contributed by atoms with van der Waals surface area (Å²) in [7, 11) is -3.74. The number of ether oxygens (including phenoxy) is 1. The van der Waals surface area contributed by atoms with E-state index in [9.17, 15) is 8.42 Å². The van der Waals surface area contributed by atoms with E-state index in [-0.39, 0.29) is 10.8 Å². The molecule has 0 spiro atoms. The van der Waals surface area contributed by atoms with Crippen LogP contribution in [0.15, 0.2) is 53.6 Å². The molecule has 7 heteroatoms. The van der Waals surface area contributed by atoms with Gasteiger partial charge in [0.25, 0.3) is 10.0 Å². The lowest BCUT2D eigenvalue weighted by Gasteiger charge is -2.16. The van der Waals surface area contributed by atoms with Crippen LogP contribution in [0.2, 0.25) is 0 Å². The summed E-state index contributed by atoms with van der Waals surface area (Å²) < 4.78 is 34.3. The second kappa shape index (κ2) is 7.94. The van der Waals surface area contributed by atoms with Crippen molar-refractivity contribution in [3.8, 4) is 17.7 Å². The summed E-state index contributed by atoms with van der Waals surface area (Å²) in [5, 5.41) is 9.15. The van der Waals surface area contributed by atoms with Gasteiger partial charge in [0.1, 0.15) is 17.4 Å². The number of pyridine rings is 1. The first kappa shape index (κ1) is 20.4. The van der Waals surface area contributed by atoms with Crippen molar-refractivity contribution in [2.24, 2.45) is 0 Å². The van der Waals surface area contributed by atoms with E-state index in [2.05, 4.69) is 9.71 Å². The number of benzene rings is 2. The second-order valence-corrected chi connectivity index (χ2v) is 8.50. The number of aryl methyl sites for hydroxylation is 4. The number of hydrogen-bond donors (Lipinski definition) is 1. The van der Waals surface area contributed by atoms with Crippen LogP contribution in [0.5, 0.6) is 11.6 Å². The Morgan fingerprint density at radius 1 is 1.00 bits per heavy atom. The third-order valence-electron chi connectivity index (χ3n) is 4.42. The molecule has 148 valence electrons. The van der Waals surface area contributed by atoms with Gasteiger partial charge < -0.3 is 4.74 Å². The van der Waals surface area contributed by atoms with Gasteiger partial charge in [-0.3, -0.25) is 4.72 Å². The van der Waals surface area contributed by atoms with Gasteiger partial charge >= 0.3 is 0 Å². The van der Waals surface area contributed by atoms with Gasteiger partial charge in [0.05, 0.1) is 10.6 Å². The first-order chi connectivity index (χ1) is 13.7. The number of sulfonamides is 1. The number of rotatable bonds is 5. The molecule has 0 amide bonds. The van der Waals surface area contributed by atoms with Crippen LogP contribution >= 0.6 is 0 Å². The van der Waals surface area contributed by atoms with Gasteiger partial charge in [0.15, 0.2) is 0 Å². The molecule has 0 bridgehead atoms. The van der Waals surface area contributed by atoms with Crippen molar-refractivity contribution in [1.82, 2.24) is 4.98 Å². The summed E-state index contributed by atoms with van der Waals surface area (Å²) in [5.74, 6) is 0.664. The maximum Gasteiger partial charge on any atom is 0.262 e. The molecule has 6 nitrogen and oxygen atoms in total. The molecule has 0 saturated heterocycles. The Labute approximate surface area is 170 Å². The zero-order valence-corrected chi connectivity index (χ0v) is 17.5. The molecule has 0 saturated carbocycles. The Kier molecular flexibility index (Phi) is 5.57.